The van der Waals surface area contributed by atoms with Crippen molar-refractivity contribution in [1.82, 2.24) is 0 Å². The van der Waals surface area contributed by atoms with E-state index in [2.05, 4.69) is 0 Å². The third-order valence-electron chi connectivity index (χ3n) is 4.28. The van der Waals surface area contributed by atoms with Gasteiger partial charge in [0.2, 0.25) is 0 Å². The highest BCUT2D eigenvalue weighted by molar-refractivity contribution is 7.24. The molecule has 5 rings (SSSR count). The van der Waals surface area contributed by atoms with Crippen LogP contribution in [0.4, 0.5) is 0 Å². The van der Waals surface area contributed by atoms with Gasteiger partial charge in [0.25, 0.3) is 0 Å². The van der Waals surface area contributed by atoms with Crippen molar-refractivity contribution in [2.24, 2.45) is 0 Å². The minimum atomic E-state index is 0.0329. The fraction of sp³-hybridized carbons (Fsp3) is 0. The summed E-state index contributed by atoms with van der Waals surface area (Å²) in [4.78, 5) is 13.1. The summed E-state index contributed by atoms with van der Waals surface area (Å²) in [7, 11) is 0. The molecule has 4 heteroatoms. The predicted molar refractivity (Wildman–Crippen MR) is 101 cm³/mol. The second-order valence-corrected chi connectivity index (χ2v) is 6.89. The van der Waals surface area contributed by atoms with Gasteiger partial charge in [0, 0.05) is 31.3 Å². The number of hydrogen-bond donors (Lipinski definition) is 0. The molecule has 0 spiro atoms. The van der Waals surface area contributed by atoms with E-state index in [0.717, 1.165) is 32.0 Å². The van der Waals surface area contributed by atoms with Crippen molar-refractivity contribution in [1.29, 1.82) is 0 Å². The molecule has 5 aromatic rings. The lowest BCUT2D eigenvalue weighted by Crippen LogP contribution is -2.01. The Balaban J connectivity index is 1.78. The highest BCUT2D eigenvalue weighted by Gasteiger charge is 2.10. The Kier molecular flexibility index (Phi) is 3.11. The summed E-state index contributed by atoms with van der Waals surface area (Å²) in [6, 6.07) is 19.2. The van der Waals surface area contributed by atoms with E-state index in [4.69, 9.17) is 8.83 Å². The van der Waals surface area contributed by atoms with Gasteiger partial charge in [0.15, 0.2) is 5.43 Å². The molecule has 0 bridgehead atoms. The van der Waals surface area contributed by atoms with Crippen molar-refractivity contribution in [3.63, 3.8) is 0 Å². The summed E-state index contributed by atoms with van der Waals surface area (Å²) in [6.07, 6.45) is 3.27. The Morgan fingerprint density at radius 1 is 0.680 bits per heavy atom. The van der Waals surface area contributed by atoms with Gasteiger partial charge in [-0.25, -0.2) is 0 Å². The molecule has 0 N–H and O–H groups in total. The molecule has 25 heavy (non-hydrogen) atoms. The van der Waals surface area contributed by atoms with Gasteiger partial charge in [0.1, 0.15) is 11.5 Å². The molecule has 0 aliphatic carbocycles. The molecule has 0 radical (unpaired) electrons. The summed E-state index contributed by atoms with van der Waals surface area (Å²) in [5.41, 5.74) is 1.84. The number of hydrogen-bond acceptors (Lipinski definition) is 4. The summed E-state index contributed by atoms with van der Waals surface area (Å²) < 4.78 is 12.8. The average Bonchev–Trinajstić information content (AvgIpc) is 3.35. The van der Waals surface area contributed by atoms with Gasteiger partial charge in [0.05, 0.1) is 12.5 Å². The van der Waals surface area contributed by atoms with Gasteiger partial charge in [-0.2, -0.15) is 0 Å². The normalized spacial score (nSPS) is 11.4. The molecule has 0 fully saturated rings. The van der Waals surface area contributed by atoms with E-state index in [1.54, 1.807) is 23.9 Å². The first-order valence-electron chi connectivity index (χ1n) is 7.88. The van der Waals surface area contributed by atoms with Crippen molar-refractivity contribution >= 4 is 31.5 Å². The standard InChI is InChI=1S/C21H12O3S/c22-21-15-11-13(17-3-1-9-23-17)5-7-19(15)25-20-8-6-14(12-16(20)21)18-4-2-10-24-18/h1-12H. The zero-order valence-electron chi connectivity index (χ0n) is 13.1. The molecular formula is C21H12O3S. The van der Waals surface area contributed by atoms with Crippen molar-refractivity contribution < 1.29 is 8.83 Å². The number of rotatable bonds is 2. The van der Waals surface area contributed by atoms with Crippen molar-refractivity contribution in [2.45, 2.75) is 0 Å². The maximum Gasteiger partial charge on any atom is 0.195 e. The van der Waals surface area contributed by atoms with Gasteiger partial charge in [-0.1, -0.05) is 0 Å². The average molecular weight is 344 g/mol. The van der Waals surface area contributed by atoms with Gasteiger partial charge < -0.3 is 8.83 Å². The lowest BCUT2D eigenvalue weighted by Gasteiger charge is -2.05. The van der Waals surface area contributed by atoms with Crippen molar-refractivity contribution in [3.05, 3.63) is 83.4 Å². The molecule has 0 aliphatic rings. The predicted octanol–water partition coefficient (Wildman–Crippen LogP) is 5.93. The molecule has 3 aromatic heterocycles. The van der Waals surface area contributed by atoms with Crippen LogP contribution in [0.1, 0.15) is 0 Å². The molecule has 2 aromatic carbocycles. The quantitative estimate of drug-likeness (QED) is 0.372. The minimum Gasteiger partial charge on any atom is -0.464 e. The number of furan rings is 2. The zero-order chi connectivity index (χ0) is 16.8. The van der Waals surface area contributed by atoms with Gasteiger partial charge in [-0.15, -0.1) is 11.3 Å². The second-order valence-electron chi connectivity index (χ2n) is 5.81. The molecule has 0 saturated carbocycles. The smallest absolute Gasteiger partial charge is 0.195 e. The Morgan fingerprint density at radius 2 is 1.20 bits per heavy atom. The molecule has 3 heterocycles. The fourth-order valence-corrected chi connectivity index (χ4v) is 4.08. The number of fused-ring (bicyclic) bond motifs is 2. The first-order valence-corrected chi connectivity index (χ1v) is 8.70. The van der Waals surface area contributed by atoms with E-state index in [9.17, 15) is 4.79 Å². The lowest BCUT2D eigenvalue weighted by atomic mass is 10.1. The second kappa shape index (κ2) is 5.46. The van der Waals surface area contributed by atoms with Crippen LogP contribution in [0, 0.1) is 0 Å². The van der Waals surface area contributed by atoms with Crippen LogP contribution in [0.3, 0.4) is 0 Å². The van der Waals surface area contributed by atoms with E-state index in [-0.39, 0.29) is 5.43 Å². The topological polar surface area (TPSA) is 43.4 Å². The SMILES string of the molecule is O=c1c2cc(-c3ccco3)ccc2sc2ccc(-c3ccco3)cc12. The monoisotopic (exact) mass is 344 g/mol. The van der Waals surface area contributed by atoms with Crippen LogP contribution in [0.15, 0.2) is 86.8 Å². The summed E-state index contributed by atoms with van der Waals surface area (Å²) in [5.74, 6) is 1.52. The Bertz CT molecular complexity index is 1150. The van der Waals surface area contributed by atoms with Crippen LogP contribution >= 0.6 is 11.3 Å². The summed E-state index contributed by atoms with van der Waals surface area (Å²) in [6.45, 7) is 0. The molecule has 0 atom stereocenters. The van der Waals surface area contributed by atoms with Gasteiger partial charge in [-0.3, -0.25) is 4.79 Å². The summed E-state index contributed by atoms with van der Waals surface area (Å²) in [5, 5.41) is 1.42. The molecule has 0 amide bonds. The van der Waals surface area contributed by atoms with Crippen LogP contribution in [-0.4, -0.2) is 0 Å². The molecule has 0 saturated heterocycles. The van der Waals surface area contributed by atoms with Crippen molar-refractivity contribution in [3.8, 4) is 22.6 Å². The maximum absolute atomic E-state index is 13.1. The molecule has 120 valence electrons. The zero-order valence-corrected chi connectivity index (χ0v) is 13.9. The molecule has 3 nitrogen and oxygen atoms in total. The van der Waals surface area contributed by atoms with Crippen LogP contribution in [-0.2, 0) is 0 Å². The van der Waals surface area contributed by atoms with Crippen LogP contribution in [0.2, 0.25) is 0 Å². The minimum absolute atomic E-state index is 0.0329. The van der Waals surface area contributed by atoms with E-state index < -0.39 is 0 Å². The van der Waals surface area contributed by atoms with Crippen LogP contribution in [0.5, 0.6) is 0 Å². The van der Waals surface area contributed by atoms with Crippen molar-refractivity contribution in [2.75, 3.05) is 0 Å². The van der Waals surface area contributed by atoms with Crippen LogP contribution in [0.25, 0.3) is 42.8 Å². The molecule has 0 unspecified atom stereocenters. The van der Waals surface area contributed by atoms with Crippen LogP contribution < -0.4 is 5.43 Å². The molecular weight excluding hydrogens is 332 g/mol. The Morgan fingerprint density at radius 3 is 1.64 bits per heavy atom. The fourth-order valence-electron chi connectivity index (χ4n) is 3.05. The van der Waals surface area contributed by atoms with E-state index in [0.29, 0.717) is 10.8 Å². The Hall–Kier alpha value is -3.11. The van der Waals surface area contributed by atoms with E-state index in [1.807, 2.05) is 60.7 Å². The Labute approximate surface area is 146 Å². The lowest BCUT2D eigenvalue weighted by molar-refractivity contribution is 0.582. The maximum atomic E-state index is 13.1. The third-order valence-corrected chi connectivity index (χ3v) is 5.43. The number of benzene rings is 2. The highest BCUT2D eigenvalue weighted by atomic mass is 32.1. The van der Waals surface area contributed by atoms with E-state index in [1.165, 1.54) is 0 Å². The van der Waals surface area contributed by atoms with Gasteiger partial charge in [-0.05, 0) is 60.7 Å². The van der Waals surface area contributed by atoms with Gasteiger partial charge >= 0.3 is 0 Å². The first kappa shape index (κ1) is 14.3. The van der Waals surface area contributed by atoms with E-state index >= 15 is 0 Å². The first-order chi connectivity index (χ1) is 12.3. The summed E-state index contributed by atoms with van der Waals surface area (Å²) >= 11 is 1.62. The molecule has 0 aliphatic heterocycles. The highest BCUT2D eigenvalue weighted by Crippen LogP contribution is 2.31. The largest absolute Gasteiger partial charge is 0.464 e. The third kappa shape index (κ3) is 2.30.